The first-order valence-electron chi connectivity index (χ1n) is 7.59. The van der Waals surface area contributed by atoms with Crippen LogP contribution in [0.25, 0.3) is 0 Å². The van der Waals surface area contributed by atoms with Crippen LogP contribution in [-0.4, -0.2) is 32.3 Å². The molecule has 0 unspecified atom stereocenters. The van der Waals surface area contributed by atoms with Gasteiger partial charge in [-0.15, -0.1) is 0 Å². The Bertz CT molecular complexity index is 686. The lowest BCUT2D eigenvalue weighted by Crippen LogP contribution is -2.41. The van der Waals surface area contributed by atoms with Gasteiger partial charge in [0.25, 0.3) is 0 Å². The Morgan fingerprint density at radius 1 is 1.42 bits per heavy atom. The molecule has 2 aromatic rings. The summed E-state index contributed by atoms with van der Waals surface area (Å²) in [5.41, 5.74) is 0.722. The summed E-state index contributed by atoms with van der Waals surface area (Å²) in [5, 5.41) is 20.1. The quantitative estimate of drug-likeness (QED) is 0.593. The number of urea groups is 1. The van der Waals surface area contributed by atoms with E-state index < -0.39 is 4.92 Å². The highest BCUT2D eigenvalue weighted by molar-refractivity contribution is 5.74. The molecule has 0 fully saturated rings. The predicted octanol–water partition coefficient (Wildman–Crippen LogP) is 1.88. The molecule has 0 saturated heterocycles. The molecule has 24 heavy (non-hydrogen) atoms. The van der Waals surface area contributed by atoms with Gasteiger partial charge >= 0.3 is 11.7 Å². The van der Waals surface area contributed by atoms with Gasteiger partial charge < -0.3 is 10.6 Å². The van der Waals surface area contributed by atoms with Gasteiger partial charge in [-0.1, -0.05) is 19.9 Å². The molecule has 9 nitrogen and oxygen atoms in total. The van der Waals surface area contributed by atoms with Crippen molar-refractivity contribution in [2.24, 2.45) is 5.92 Å². The molecule has 2 heterocycles. The van der Waals surface area contributed by atoms with Gasteiger partial charge in [-0.2, -0.15) is 5.10 Å². The molecule has 2 rings (SSSR count). The molecule has 2 N–H and O–H groups in total. The Labute approximate surface area is 139 Å². The summed E-state index contributed by atoms with van der Waals surface area (Å²) in [6, 6.07) is 5.05. The van der Waals surface area contributed by atoms with E-state index in [1.54, 1.807) is 6.20 Å². The first-order valence-corrected chi connectivity index (χ1v) is 7.59. The molecular weight excluding hydrogens is 312 g/mol. The number of carbonyl (C=O) groups excluding carboxylic acids is 1. The number of nitrogens with one attached hydrogen (secondary N) is 2. The summed E-state index contributed by atoms with van der Waals surface area (Å²) in [5.74, 6) is 0.180. The largest absolute Gasteiger partial charge is 0.336 e. The topological polar surface area (TPSA) is 115 Å². The van der Waals surface area contributed by atoms with Crippen LogP contribution in [0.15, 0.2) is 36.8 Å². The normalized spacial score (nSPS) is 12.0. The molecule has 0 radical (unpaired) electrons. The zero-order valence-corrected chi connectivity index (χ0v) is 13.5. The van der Waals surface area contributed by atoms with Gasteiger partial charge in [0.15, 0.2) is 0 Å². The van der Waals surface area contributed by atoms with Crippen molar-refractivity contribution in [1.29, 1.82) is 0 Å². The summed E-state index contributed by atoms with van der Waals surface area (Å²) in [6.45, 7) is 4.65. The molecule has 1 atom stereocenters. The van der Waals surface area contributed by atoms with Gasteiger partial charge in [0.05, 0.1) is 23.2 Å². The van der Waals surface area contributed by atoms with Gasteiger partial charge in [-0.25, -0.2) is 4.79 Å². The lowest BCUT2D eigenvalue weighted by atomic mass is 10.0. The van der Waals surface area contributed by atoms with Crippen LogP contribution < -0.4 is 10.6 Å². The van der Waals surface area contributed by atoms with Crippen LogP contribution >= 0.6 is 0 Å². The van der Waals surface area contributed by atoms with Crippen LogP contribution in [-0.2, 0) is 6.54 Å². The van der Waals surface area contributed by atoms with Crippen LogP contribution in [0.1, 0.15) is 25.6 Å². The van der Waals surface area contributed by atoms with Gasteiger partial charge in [-0.05, 0) is 18.1 Å². The highest BCUT2D eigenvalue weighted by atomic mass is 16.6. The summed E-state index contributed by atoms with van der Waals surface area (Å²) < 4.78 is 1.41. The lowest BCUT2D eigenvalue weighted by molar-refractivity contribution is -0.385. The molecule has 128 valence electrons. The van der Waals surface area contributed by atoms with Crippen LogP contribution in [0, 0.1) is 16.0 Å². The van der Waals surface area contributed by atoms with E-state index in [-0.39, 0.29) is 23.7 Å². The second kappa shape index (κ2) is 8.04. The Kier molecular flexibility index (Phi) is 5.83. The molecule has 0 saturated carbocycles. The van der Waals surface area contributed by atoms with Gasteiger partial charge in [0.1, 0.15) is 12.4 Å². The van der Waals surface area contributed by atoms with Crippen LogP contribution in [0.3, 0.4) is 0 Å². The van der Waals surface area contributed by atoms with E-state index in [1.165, 1.54) is 17.1 Å². The van der Waals surface area contributed by atoms with Crippen molar-refractivity contribution < 1.29 is 9.72 Å². The number of hydrogen-bond donors (Lipinski definition) is 2. The van der Waals surface area contributed by atoms with Crippen LogP contribution in [0.4, 0.5) is 10.5 Å². The Morgan fingerprint density at radius 3 is 2.79 bits per heavy atom. The first kappa shape index (κ1) is 17.4. The number of hydrogen-bond acceptors (Lipinski definition) is 5. The zero-order chi connectivity index (χ0) is 17.5. The van der Waals surface area contributed by atoms with E-state index in [0.29, 0.717) is 13.1 Å². The van der Waals surface area contributed by atoms with E-state index in [1.807, 2.05) is 32.0 Å². The zero-order valence-electron chi connectivity index (χ0n) is 13.5. The van der Waals surface area contributed by atoms with Crippen molar-refractivity contribution in [2.45, 2.75) is 26.4 Å². The number of nitrogens with zero attached hydrogens (tertiary/aromatic N) is 4. The average molecular weight is 332 g/mol. The number of carbonyl (C=O) groups is 1. The van der Waals surface area contributed by atoms with Crippen LogP contribution in [0.5, 0.6) is 0 Å². The number of nitro groups is 1. The Morgan fingerprint density at radius 2 is 2.21 bits per heavy atom. The number of pyridine rings is 1. The predicted molar refractivity (Wildman–Crippen MR) is 87.2 cm³/mol. The lowest BCUT2D eigenvalue weighted by Gasteiger charge is -2.22. The SMILES string of the molecule is CC(C)[C@H](NC(=O)NCCn1cc([N+](=O)[O-])cn1)c1ccccn1. The van der Waals surface area contributed by atoms with E-state index >= 15 is 0 Å². The molecule has 0 aliphatic heterocycles. The summed E-state index contributed by atoms with van der Waals surface area (Å²) >= 11 is 0. The van der Waals surface area contributed by atoms with Gasteiger partial charge in [-0.3, -0.25) is 19.8 Å². The minimum Gasteiger partial charge on any atom is -0.336 e. The fourth-order valence-electron chi connectivity index (χ4n) is 2.19. The average Bonchev–Trinajstić information content (AvgIpc) is 3.02. The summed E-state index contributed by atoms with van der Waals surface area (Å²) in [7, 11) is 0. The summed E-state index contributed by atoms with van der Waals surface area (Å²) in [4.78, 5) is 26.4. The molecule has 0 aliphatic rings. The maximum atomic E-state index is 12.0. The van der Waals surface area contributed by atoms with Gasteiger partial charge in [0.2, 0.25) is 0 Å². The van der Waals surface area contributed by atoms with Crippen LogP contribution in [0.2, 0.25) is 0 Å². The minimum atomic E-state index is -0.510. The van der Waals surface area contributed by atoms with Crippen molar-refractivity contribution in [1.82, 2.24) is 25.4 Å². The third kappa shape index (κ3) is 4.77. The fraction of sp³-hybridized carbons (Fsp3) is 0.400. The van der Waals surface area contributed by atoms with Crippen molar-refractivity contribution >= 4 is 11.7 Å². The second-order valence-corrected chi connectivity index (χ2v) is 5.60. The highest BCUT2D eigenvalue weighted by Gasteiger charge is 2.19. The maximum absolute atomic E-state index is 12.0. The van der Waals surface area contributed by atoms with E-state index in [0.717, 1.165) is 5.69 Å². The minimum absolute atomic E-state index is 0.0746. The van der Waals surface area contributed by atoms with Crippen molar-refractivity contribution in [2.75, 3.05) is 6.54 Å². The molecule has 2 aromatic heterocycles. The smallest absolute Gasteiger partial charge is 0.315 e. The number of amides is 2. The molecule has 0 aromatic carbocycles. The number of aromatic nitrogens is 3. The van der Waals surface area contributed by atoms with E-state index in [4.69, 9.17) is 0 Å². The fourth-order valence-corrected chi connectivity index (χ4v) is 2.19. The molecule has 9 heteroatoms. The monoisotopic (exact) mass is 332 g/mol. The highest BCUT2D eigenvalue weighted by Crippen LogP contribution is 2.18. The molecule has 0 aliphatic carbocycles. The summed E-state index contributed by atoms with van der Waals surface area (Å²) in [6.07, 6.45) is 4.19. The van der Waals surface area contributed by atoms with Gasteiger partial charge in [0, 0.05) is 12.7 Å². The Hall–Kier alpha value is -2.97. The standard InChI is InChI=1S/C15H20N6O3/c1-11(2)14(13-5-3-4-6-16-13)19-15(22)17-7-8-20-10-12(9-18-20)21(23)24/h3-6,9-11,14H,7-8H2,1-2H3,(H2,17,19,22)/t14-/m0/s1. The third-order valence-electron chi connectivity index (χ3n) is 3.42. The third-order valence-corrected chi connectivity index (χ3v) is 3.42. The van der Waals surface area contributed by atoms with Crippen molar-refractivity contribution in [3.63, 3.8) is 0 Å². The maximum Gasteiger partial charge on any atom is 0.315 e. The first-order chi connectivity index (χ1) is 11.5. The number of rotatable bonds is 7. The van der Waals surface area contributed by atoms with E-state index in [2.05, 4.69) is 20.7 Å². The second-order valence-electron chi connectivity index (χ2n) is 5.60. The van der Waals surface area contributed by atoms with Crippen molar-refractivity contribution in [3.05, 3.63) is 52.6 Å². The van der Waals surface area contributed by atoms with Crippen molar-refractivity contribution in [3.8, 4) is 0 Å². The molecular formula is C15H20N6O3. The Balaban J connectivity index is 1.84. The van der Waals surface area contributed by atoms with E-state index in [9.17, 15) is 14.9 Å². The molecule has 2 amide bonds. The molecule has 0 bridgehead atoms. The molecule has 0 spiro atoms.